The normalized spacial score (nSPS) is 13.0. The minimum Gasteiger partial charge on any atom is -0.466 e. The van der Waals surface area contributed by atoms with Crippen LogP contribution in [0.3, 0.4) is 0 Å². The maximum atomic E-state index is 12.5. The Morgan fingerprint density at radius 1 is 0.406 bits per heavy atom. The summed E-state index contributed by atoms with van der Waals surface area (Å²) in [5.74, 6) is -0.0881. The molecule has 0 aliphatic rings. The predicted octanol–water partition coefficient (Wildman–Crippen LogP) is 18.7. The fourth-order valence-electron chi connectivity index (χ4n) is 8.88. The molecule has 0 saturated heterocycles. The second-order valence-electron chi connectivity index (χ2n) is 20.3. The van der Waals surface area contributed by atoms with Crippen LogP contribution in [0, 0.1) is 0 Å². The summed E-state index contributed by atoms with van der Waals surface area (Å²) >= 11 is 0. The molecule has 3 N–H and O–H groups in total. The van der Waals surface area contributed by atoms with Gasteiger partial charge >= 0.3 is 5.97 Å². The largest absolute Gasteiger partial charge is 0.466 e. The van der Waals surface area contributed by atoms with E-state index in [2.05, 4.69) is 67.8 Å². The Balaban J connectivity index is 3.49. The Labute approximate surface area is 428 Å². The molecule has 402 valence electrons. The van der Waals surface area contributed by atoms with E-state index >= 15 is 0 Å². The lowest BCUT2D eigenvalue weighted by molar-refractivity contribution is -0.143. The Morgan fingerprint density at radius 3 is 1.16 bits per heavy atom. The molecule has 1 amide bonds. The molecule has 0 aromatic rings. The van der Waals surface area contributed by atoms with Crippen molar-refractivity contribution in [2.45, 2.75) is 315 Å². The lowest BCUT2D eigenvalue weighted by Crippen LogP contribution is -2.45. The molecule has 0 aromatic carbocycles. The van der Waals surface area contributed by atoms with Crippen molar-refractivity contribution in [3.8, 4) is 0 Å². The van der Waals surface area contributed by atoms with Crippen LogP contribution in [0.5, 0.6) is 0 Å². The van der Waals surface area contributed by atoms with Crippen LogP contribution >= 0.6 is 0 Å². The number of nitrogens with one attached hydrogen (secondary N) is 1. The van der Waals surface area contributed by atoms with Crippen LogP contribution in [-0.4, -0.2) is 47.4 Å². The molecular formula is C63H115NO5. The standard InChI is InChI=1S/C63H115NO5/c1-3-5-7-9-11-13-15-17-18-28-32-35-39-43-47-51-55-61(66)60(59-65)64-62(67)56-52-48-44-40-36-33-29-26-24-22-20-19-21-23-25-27-30-34-38-42-46-50-54-58-69-63(68)57-53-49-45-41-37-31-16-14-12-10-8-6-4-2/h8,10,14,16,19,21-22,24,51,55,60-61,65-66H,3-7,9,11-13,15,17-18,20,23,25-50,52-54,56-59H2,1-2H3,(H,64,67)/b10-8-,16-14-,21-19-,24-22-,55-51+. The van der Waals surface area contributed by atoms with E-state index in [-0.39, 0.29) is 18.5 Å². The number of rotatable bonds is 55. The van der Waals surface area contributed by atoms with Crippen molar-refractivity contribution < 1.29 is 24.5 Å². The molecule has 0 spiro atoms. The molecule has 2 unspecified atom stereocenters. The summed E-state index contributed by atoms with van der Waals surface area (Å²) in [5, 5.41) is 23.1. The van der Waals surface area contributed by atoms with E-state index in [1.165, 1.54) is 205 Å². The van der Waals surface area contributed by atoms with E-state index in [1.807, 2.05) is 6.08 Å². The highest BCUT2D eigenvalue weighted by atomic mass is 16.5. The maximum Gasteiger partial charge on any atom is 0.305 e. The Hall–Kier alpha value is -2.44. The number of aliphatic hydroxyl groups is 2. The van der Waals surface area contributed by atoms with Gasteiger partial charge in [-0.05, 0) is 89.9 Å². The van der Waals surface area contributed by atoms with Crippen LogP contribution in [0.25, 0.3) is 0 Å². The highest BCUT2D eigenvalue weighted by Crippen LogP contribution is 2.16. The first-order valence-electron chi connectivity index (χ1n) is 30.1. The summed E-state index contributed by atoms with van der Waals surface area (Å²) in [6.45, 7) is 4.83. The first kappa shape index (κ1) is 66.6. The summed E-state index contributed by atoms with van der Waals surface area (Å²) in [6.07, 6.45) is 75.3. The third-order valence-electron chi connectivity index (χ3n) is 13.5. The first-order valence-corrected chi connectivity index (χ1v) is 30.1. The Kier molecular flexibility index (Phi) is 56.1. The zero-order valence-corrected chi connectivity index (χ0v) is 45.8. The number of amides is 1. The minimum absolute atomic E-state index is 0.00959. The van der Waals surface area contributed by atoms with Gasteiger partial charge in [0.1, 0.15) is 0 Å². The van der Waals surface area contributed by atoms with Gasteiger partial charge < -0.3 is 20.3 Å². The summed E-state index contributed by atoms with van der Waals surface area (Å²) < 4.78 is 5.46. The van der Waals surface area contributed by atoms with Crippen molar-refractivity contribution in [1.82, 2.24) is 5.32 Å². The van der Waals surface area contributed by atoms with Gasteiger partial charge in [0.25, 0.3) is 0 Å². The van der Waals surface area contributed by atoms with Crippen molar-refractivity contribution >= 4 is 11.9 Å². The number of carbonyl (C=O) groups is 2. The Bertz CT molecular complexity index is 1210. The van der Waals surface area contributed by atoms with Crippen LogP contribution in [0.1, 0.15) is 303 Å². The van der Waals surface area contributed by atoms with Gasteiger partial charge in [0.05, 0.1) is 25.4 Å². The minimum atomic E-state index is -0.852. The number of ether oxygens (including phenoxy) is 1. The topological polar surface area (TPSA) is 95.9 Å². The van der Waals surface area contributed by atoms with Gasteiger partial charge in [0.15, 0.2) is 0 Å². The molecule has 6 nitrogen and oxygen atoms in total. The van der Waals surface area contributed by atoms with Crippen LogP contribution in [0.2, 0.25) is 0 Å². The lowest BCUT2D eigenvalue weighted by Gasteiger charge is -2.20. The number of carbonyl (C=O) groups excluding carboxylic acids is 2. The van der Waals surface area contributed by atoms with E-state index in [0.29, 0.717) is 19.4 Å². The molecule has 6 heteroatoms. The highest BCUT2D eigenvalue weighted by Gasteiger charge is 2.18. The summed E-state index contributed by atoms with van der Waals surface area (Å²) in [6, 6.07) is -0.637. The highest BCUT2D eigenvalue weighted by molar-refractivity contribution is 5.76. The van der Waals surface area contributed by atoms with Crippen molar-refractivity contribution in [1.29, 1.82) is 0 Å². The van der Waals surface area contributed by atoms with Gasteiger partial charge in [-0.25, -0.2) is 0 Å². The quantitative estimate of drug-likeness (QED) is 0.0321. The fourth-order valence-corrected chi connectivity index (χ4v) is 8.88. The molecule has 0 aliphatic carbocycles. The summed E-state index contributed by atoms with van der Waals surface area (Å²) in [5.41, 5.74) is 0. The SMILES string of the molecule is CCC/C=C\C/C=C\CCCCCCCC(=O)OCCCCCCCCCCC/C=C\C/C=C\CCCCCCCCCC(=O)NC(CO)C(O)/C=C/CCCCCCCCCCCCCCCC. The smallest absolute Gasteiger partial charge is 0.305 e. The molecule has 0 rings (SSSR count). The zero-order valence-electron chi connectivity index (χ0n) is 45.8. The summed E-state index contributed by atoms with van der Waals surface area (Å²) in [4.78, 5) is 24.5. The second-order valence-corrected chi connectivity index (χ2v) is 20.3. The van der Waals surface area contributed by atoms with Gasteiger partial charge in [0.2, 0.25) is 5.91 Å². The molecule has 0 fully saturated rings. The second kappa shape index (κ2) is 58.1. The predicted molar refractivity (Wildman–Crippen MR) is 301 cm³/mol. The monoisotopic (exact) mass is 966 g/mol. The third kappa shape index (κ3) is 54.7. The van der Waals surface area contributed by atoms with Crippen molar-refractivity contribution in [3.63, 3.8) is 0 Å². The Morgan fingerprint density at radius 2 is 0.754 bits per heavy atom. The number of unbranched alkanes of at least 4 members (excludes halogenated alkanes) is 36. The number of hydrogen-bond donors (Lipinski definition) is 3. The third-order valence-corrected chi connectivity index (χ3v) is 13.5. The van der Waals surface area contributed by atoms with Crippen LogP contribution in [0.15, 0.2) is 60.8 Å². The van der Waals surface area contributed by atoms with E-state index in [1.54, 1.807) is 6.08 Å². The molecule has 0 heterocycles. The van der Waals surface area contributed by atoms with Crippen LogP contribution in [-0.2, 0) is 14.3 Å². The van der Waals surface area contributed by atoms with E-state index in [4.69, 9.17) is 4.74 Å². The lowest BCUT2D eigenvalue weighted by atomic mass is 10.0. The van der Waals surface area contributed by atoms with Crippen molar-refractivity contribution in [2.75, 3.05) is 13.2 Å². The molecule has 69 heavy (non-hydrogen) atoms. The van der Waals surface area contributed by atoms with Gasteiger partial charge in [-0.2, -0.15) is 0 Å². The van der Waals surface area contributed by atoms with Gasteiger partial charge in [-0.1, -0.05) is 261 Å². The summed E-state index contributed by atoms with van der Waals surface area (Å²) in [7, 11) is 0. The average Bonchev–Trinajstić information content (AvgIpc) is 3.35. The number of hydrogen-bond acceptors (Lipinski definition) is 5. The molecule has 0 radical (unpaired) electrons. The van der Waals surface area contributed by atoms with E-state index < -0.39 is 12.1 Å². The fraction of sp³-hybridized carbons (Fsp3) is 0.810. The average molecular weight is 967 g/mol. The first-order chi connectivity index (χ1) is 34.0. The zero-order chi connectivity index (χ0) is 50.0. The van der Waals surface area contributed by atoms with Crippen LogP contribution in [0.4, 0.5) is 0 Å². The van der Waals surface area contributed by atoms with Gasteiger partial charge in [0, 0.05) is 12.8 Å². The number of aliphatic hydroxyl groups excluding tert-OH is 2. The van der Waals surface area contributed by atoms with Crippen molar-refractivity contribution in [2.24, 2.45) is 0 Å². The maximum absolute atomic E-state index is 12.5. The number of esters is 1. The van der Waals surface area contributed by atoms with Crippen molar-refractivity contribution in [3.05, 3.63) is 60.8 Å². The van der Waals surface area contributed by atoms with E-state index in [0.717, 1.165) is 70.6 Å². The molecule has 0 aromatic heterocycles. The molecule has 0 saturated carbocycles. The van der Waals surface area contributed by atoms with Gasteiger partial charge in [-0.15, -0.1) is 0 Å². The van der Waals surface area contributed by atoms with E-state index in [9.17, 15) is 19.8 Å². The molecular weight excluding hydrogens is 851 g/mol. The van der Waals surface area contributed by atoms with Gasteiger partial charge in [-0.3, -0.25) is 9.59 Å². The molecule has 0 bridgehead atoms. The number of allylic oxidation sites excluding steroid dienone is 9. The van der Waals surface area contributed by atoms with Crippen LogP contribution < -0.4 is 5.32 Å². The molecule has 0 aliphatic heterocycles. The molecule has 2 atom stereocenters.